The van der Waals surface area contributed by atoms with Gasteiger partial charge >= 0.3 is 0 Å². The second kappa shape index (κ2) is 6.74. The Balaban J connectivity index is 2.14. The maximum Gasteiger partial charge on any atom is 0.291 e. The maximum absolute atomic E-state index is 12.3. The van der Waals surface area contributed by atoms with Gasteiger partial charge in [-0.2, -0.15) is 0 Å². The molecule has 0 spiro atoms. The molecule has 1 aliphatic rings. The van der Waals surface area contributed by atoms with E-state index in [1.165, 1.54) is 12.4 Å². The van der Waals surface area contributed by atoms with Gasteiger partial charge in [-0.25, -0.2) is 9.97 Å². The summed E-state index contributed by atoms with van der Waals surface area (Å²) in [6, 6.07) is 1.43. The molecule has 1 aromatic heterocycles. The number of ether oxygens (including phenoxy) is 3. The van der Waals surface area contributed by atoms with E-state index in [1.807, 2.05) is 0 Å². The number of rotatable bonds is 4. The first-order valence-corrected chi connectivity index (χ1v) is 6.36. The average Bonchev–Trinajstić information content (AvgIpc) is 2.53. The van der Waals surface area contributed by atoms with Crippen LogP contribution in [0.3, 0.4) is 0 Å². The van der Waals surface area contributed by atoms with Crippen LogP contribution in [0.4, 0.5) is 0 Å². The first-order chi connectivity index (χ1) is 9.69. The lowest BCUT2D eigenvalue weighted by atomic mass is 10.0. The van der Waals surface area contributed by atoms with Gasteiger partial charge in [-0.3, -0.25) is 4.79 Å². The fourth-order valence-corrected chi connectivity index (χ4v) is 2.30. The molecule has 2 heterocycles. The molecular weight excluding hydrogens is 262 g/mol. The van der Waals surface area contributed by atoms with Gasteiger partial charge in [-0.05, 0) is 6.07 Å². The van der Waals surface area contributed by atoms with Gasteiger partial charge in [0.05, 0.1) is 19.3 Å². The molecule has 0 saturated carbocycles. The lowest BCUT2D eigenvalue weighted by Gasteiger charge is -2.40. The summed E-state index contributed by atoms with van der Waals surface area (Å²) >= 11 is 0. The van der Waals surface area contributed by atoms with Crippen LogP contribution >= 0.6 is 0 Å². The quantitative estimate of drug-likeness (QED) is 0.772. The minimum atomic E-state index is -0.266. The molecule has 0 bridgehead atoms. The Kier molecular flexibility index (Phi) is 4.99. The fourth-order valence-electron chi connectivity index (χ4n) is 2.30. The number of hydrogen-bond acceptors (Lipinski definition) is 6. The van der Waals surface area contributed by atoms with Crippen molar-refractivity contribution in [3.05, 3.63) is 24.3 Å². The highest BCUT2D eigenvalue weighted by atomic mass is 16.6. The molecule has 0 unspecified atom stereocenters. The van der Waals surface area contributed by atoms with E-state index >= 15 is 0 Å². The SMILES string of the molecule is CO[C@H]1[C@H](N(C)C(=O)c2ncccn2)COC[C@H]1OC. The summed E-state index contributed by atoms with van der Waals surface area (Å²) in [4.78, 5) is 21.8. The molecule has 0 N–H and O–H groups in total. The summed E-state index contributed by atoms with van der Waals surface area (Å²) in [5, 5.41) is 0. The standard InChI is InChI=1S/C13H19N3O4/c1-16(13(17)12-14-5-4-6-15-12)9-7-20-8-10(18-2)11(9)19-3/h4-6,9-11H,7-8H2,1-3H3/t9-,10-,11+/m1/s1. The van der Waals surface area contributed by atoms with Crippen molar-refractivity contribution >= 4 is 5.91 Å². The molecule has 2 rings (SSSR count). The van der Waals surface area contributed by atoms with Gasteiger partial charge in [-0.15, -0.1) is 0 Å². The molecule has 0 radical (unpaired) electrons. The van der Waals surface area contributed by atoms with Gasteiger partial charge in [0.2, 0.25) is 5.82 Å². The number of methoxy groups -OCH3 is 2. The predicted octanol–water partition coefficient (Wildman–Crippen LogP) is -0.0226. The summed E-state index contributed by atoms with van der Waals surface area (Å²) in [6.07, 6.45) is 2.63. The normalized spacial score (nSPS) is 26.2. The Morgan fingerprint density at radius 3 is 2.60 bits per heavy atom. The zero-order valence-corrected chi connectivity index (χ0v) is 11.9. The Hall–Kier alpha value is -1.57. The number of likely N-dealkylation sites (N-methyl/N-ethyl adjacent to an activating group) is 1. The highest BCUT2D eigenvalue weighted by molar-refractivity contribution is 5.90. The highest BCUT2D eigenvalue weighted by Crippen LogP contribution is 2.19. The monoisotopic (exact) mass is 281 g/mol. The van der Waals surface area contributed by atoms with Crippen LogP contribution in [-0.2, 0) is 14.2 Å². The van der Waals surface area contributed by atoms with Crippen LogP contribution in [0.5, 0.6) is 0 Å². The van der Waals surface area contributed by atoms with E-state index < -0.39 is 0 Å². The predicted molar refractivity (Wildman–Crippen MR) is 70.3 cm³/mol. The van der Waals surface area contributed by atoms with Crippen LogP contribution < -0.4 is 0 Å². The Morgan fingerprint density at radius 2 is 2.00 bits per heavy atom. The second-order valence-corrected chi connectivity index (χ2v) is 4.57. The minimum absolute atomic E-state index is 0.157. The number of carbonyl (C=O) groups is 1. The van der Waals surface area contributed by atoms with E-state index in [9.17, 15) is 4.79 Å². The number of carbonyl (C=O) groups excluding carboxylic acids is 1. The fraction of sp³-hybridized carbons (Fsp3) is 0.615. The first-order valence-electron chi connectivity index (χ1n) is 6.36. The van der Waals surface area contributed by atoms with Crippen molar-refractivity contribution < 1.29 is 19.0 Å². The van der Waals surface area contributed by atoms with E-state index in [4.69, 9.17) is 14.2 Å². The van der Waals surface area contributed by atoms with Crippen LogP contribution in [-0.4, -0.2) is 73.5 Å². The number of nitrogens with zero attached hydrogens (tertiary/aromatic N) is 3. The van der Waals surface area contributed by atoms with Crippen molar-refractivity contribution in [1.29, 1.82) is 0 Å². The number of aromatic nitrogens is 2. The van der Waals surface area contributed by atoms with Crippen LogP contribution in [0.25, 0.3) is 0 Å². The van der Waals surface area contributed by atoms with Gasteiger partial charge in [-0.1, -0.05) is 0 Å². The van der Waals surface area contributed by atoms with Crippen molar-refractivity contribution in [1.82, 2.24) is 14.9 Å². The molecule has 7 nitrogen and oxygen atoms in total. The zero-order chi connectivity index (χ0) is 14.5. The van der Waals surface area contributed by atoms with E-state index in [2.05, 4.69) is 9.97 Å². The molecule has 7 heteroatoms. The van der Waals surface area contributed by atoms with Crippen LogP contribution in [0.15, 0.2) is 18.5 Å². The van der Waals surface area contributed by atoms with E-state index in [0.29, 0.717) is 13.2 Å². The van der Waals surface area contributed by atoms with E-state index in [1.54, 1.807) is 32.2 Å². The molecule has 20 heavy (non-hydrogen) atoms. The Bertz CT molecular complexity index is 443. The molecule has 1 aromatic rings. The van der Waals surface area contributed by atoms with Gasteiger partial charge in [0.15, 0.2) is 0 Å². The van der Waals surface area contributed by atoms with Gasteiger partial charge in [0, 0.05) is 33.7 Å². The Labute approximate surface area is 117 Å². The lowest BCUT2D eigenvalue weighted by molar-refractivity contribution is -0.147. The van der Waals surface area contributed by atoms with Gasteiger partial charge in [0.25, 0.3) is 5.91 Å². The van der Waals surface area contributed by atoms with Crippen LogP contribution in [0.2, 0.25) is 0 Å². The van der Waals surface area contributed by atoms with Crippen molar-refractivity contribution in [2.24, 2.45) is 0 Å². The topological polar surface area (TPSA) is 73.8 Å². The van der Waals surface area contributed by atoms with Crippen LogP contribution in [0, 0.1) is 0 Å². The van der Waals surface area contributed by atoms with Crippen molar-refractivity contribution in [3.63, 3.8) is 0 Å². The minimum Gasteiger partial charge on any atom is -0.376 e. The third-order valence-corrected chi connectivity index (χ3v) is 3.47. The molecule has 3 atom stereocenters. The largest absolute Gasteiger partial charge is 0.376 e. The van der Waals surface area contributed by atoms with Gasteiger partial charge in [0.1, 0.15) is 12.2 Å². The smallest absolute Gasteiger partial charge is 0.291 e. The second-order valence-electron chi connectivity index (χ2n) is 4.57. The summed E-state index contributed by atoms with van der Waals surface area (Å²) in [5.41, 5.74) is 0. The molecule has 1 fully saturated rings. The average molecular weight is 281 g/mol. The van der Waals surface area contributed by atoms with E-state index in [-0.39, 0.29) is 30.0 Å². The molecule has 1 amide bonds. The third kappa shape index (κ3) is 2.95. The third-order valence-electron chi connectivity index (χ3n) is 3.47. The summed E-state index contributed by atoms with van der Waals surface area (Å²) < 4.78 is 16.3. The number of amides is 1. The Morgan fingerprint density at radius 1 is 1.30 bits per heavy atom. The molecular formula is C13H19N3O4. The summed E-state index contributed by atoms with van der Waals surface area (Å²) in [7, 11) is 4.90. The van der Waals surface area contributed by atoms with Crippen molar-refractivity contribution in [2.45, 2.75) is 18.2 Å². The molecule has 1 aliphatic heterocycles. The van der Waals surface area contributed by atoms with Crippen molar-refractivity contribution in [2.75, 3.05) is 34.5 Å². The molecule has 0 aliphatic carbocycles. The zero-order valence-electron chi connectivity index (χ0n) is 11.9. The van der Waals surface area contributed by atoms with Gasteiger partial charge < -0.3 is 19.1 Å². The number of hydrogen-bond donors (Lipinski definition) is 0. The van der Waals surface area contributed by atoms with Crippen molar-refractivity contribution in [3.8, 4) is 0 Å². The van der Waals surface area contributed by atoms with E-state index in [0.717, 1.165) is 0 Å². The molecule has 1 saturated heterocycles. The maximum atomic E-state index is 12.3. The first kappa shape index (κ1) is 14.8. The van der Waals surface area contributed by atoms with Crippen LogP contribution in [0.1, 0.15) is 10.6 Å². The summed E-state index contributed by atoms with van der Waals surface area (Å²) in [6.45, 7) is 0.850. The molecule has 0 aromatic carbocycles. The lowest BCUT2D eigenvalue weighted by Crippen LogP contribution is -2.57. The molecule has 110 valence electrons. The summed E-state index contributed by atoms with van der Waals surface area (Å²) in [5.74, 6) is -0.109. The highest BCUT2D eigenvalue weighted by Gasteiger charge is 2.39.